The van der Waals surface area contributed by atoms with Gasteiger partial charge in [-0.1, -0.05) is 248 Å². The molecule has 0 saturated carbocycles. The number of unbranched alkanes of at least 4 members (excludes halogenated alkanes) is 35. The molecule has 6 nitrogen and oxygen atoms in total. The van der Waals surface area contributed by atoms with Crippen molar-refractivity contribution in [2.45, 2.75) is 322 Å². The molecule has 0 aromatic heterocycles. The first kappa shape index (κ1) is 68.1. The third-order valence-electron chi connectivity index (χ3n) is 13.5. The molecule has 0 aliphatic carbocycles. The van der Waals surface area contributed by atoms with Crippen LogP contribution in [0.4, 0.5) is 0 Å². The fraction of sp³-hybridized carbons (Fsp3) is 0.800. The third-order valence-corrected chi connectivity index (χ3v) is 13.5. The number of esters is 3. The number of carbonyl (C=O) groups is 3. The topological polar surface area (TPSA) is 78.9 Å². The summed E-state index contributed by atoms with van der Waals surface area (Å²) in [6.07, 6.45) is 75.0. The number of hydrogen-bond acceptors (Lipinski definition) is 6. The maximum atomic E-state index is 12.9. The van der Waals surface area contributed by atoms with Crippen molar-refractivity contribution in [3.63, 3.8) is 0 Å². The summed E-state index contributed by atoms with van der Waals surface area (Å²) >= 11 is 0. The van der Waals surface area contributed by atoms with Gasteiger partial charge in [0.15, 0.2) is 6.10 Å². The van der Waals surface area contributed by atoms with Gasteiger partial charge in [0.25, 0.3) is 0 Å². The van der Waals surface area contributed by atoms with Gasteiger partial charge in [-0.05, 0) is 109 Å². The van der Waals surface area contributed by atoms with E-state index in [4.69, 9.17) is 14.2 Å². The molecule has 0 aromatic rings. The van der Waals surface area contributed by atoms with Crippen molar-refractivity contribution in [3.8, 4) is 0 Å². The second kappa shape index (κ2) is 59.7. The van der Waals surface area contributed by atoms with Crippen LogP contribution in [0.15, 0.2) is 60.8 Å². The van der Waals surface area contributed by atoms with Crippen LogP contribution in [0.1, 0.15) is 316 Å². The average molecular weight is 994 g/mol. The SMILES string of the molecule is CCCCC/C=C\C/C=C\C/C=C\CCCCCCC(=O)OC[C@H](COC(=O)CCCCCCCCCCCCC/C=C\CCCCCCCC)OC(=O)CCCCCCCCC/C=C\CCCCCC. The van der Waals surface area contributed by atoms with Crippen LogP contribution < -0.4 is 0 Å². The minimum absolute atomic E-state index is 0.0820. The van der Waals surface area contributed by atoms with Gasteiger partial charge in [-0.25, -0.2) is 0 Å². The number of allylic oxidation sites excluding steroid dienone is 10. The molecule has 0 rings (SSSR count). The Labute approximate surface area is 440 Å². The van der Waals surface area contributed by atoms with Crippen molar-refractivity contribution in [1.82, 2.24) is 0 Å². The molecule has 0 spiro atoms. The van der Waals surface area contributed by atoms with Gasteiger partial charge in [0.1, 0.15) is 13.2 Å². The van der Waals surface area contributed by atoms with E-state index in [1.165, 1.54) is 193 Å². The zero-order valence-electron chi connectivity index (χ0n) is 47.2. The number of carbonyl (C=O) groups excluding carboxylic acids is 3. The van der Waals surface area contributed by atoms with Gasteiger partial charge in [0, 0.05) is 19.3 Å². The van der Waals surface area contributed by atoms with Crippen LogP contribution in [0.2, 0.25) is 0 Å². The monoisotopic (exact) mass is 993 g/mol. The van der Waals surface area contributed by atoms with Gasteiger partial charge in [0.05, 0.1) is 0 Å². The summed E-state index contributed by atoms with van der Waals surface area (Å²) < 4.78 is 16.9. The largest absolute Gasteiger partial charge is 0.462 e. The summed E-state index contributed by atoms with van der Waals surface area (Å²) in [6, 6.07) is 0. The smallest absolute Gasteiger partial charge is 0.306 e. The standard InChI is InChI=1S/C65H116O6/c1-4-7-10-13-16-19-22-25-28-30-31-32-33-35-38-40-43-46-49-52-55-58-64(67)70-61-62(71-65(68)59-56-53-50-47-44-41-36-27-24-21-18-15-12-9-6-3)60-69-63(66)57-54-51-48-45-42-39-37-34-29-26-23-20-17-14-11-8-5-2/h17,20-21,24-26,28-29,37,39,62H,4-16,18-19,22-23,27,30-36,38,40-61H2,1-3H3/b20-17-,24-21-,28-25-,29-26-,39-37-/t62-/m1/s1. The van der Waals surface area contributed by atoms with E-state index in [0.29, 0.717) is 19.3 Å². The van der Waals surface area contributed by atoms with Crippen molar-refractivity contribution in [1.29, 1.82) is 0 Å². The molecule has 0 saturated heterocycles. The zero-order chi connectivity index (χ0) is 51.4. The summed E-state index contributed by atoms with van der Waals surface area (Å²) in [5.74, 6) is -0.896. The van der Waals surface area contributed by atoms with E-state index in [9.17, 15) is 14.4 Å². The molecule has 0 aromatic carbocycles. The molecule has 1 atom stereocenters. The van der Waals surface area contributed by atoms with E-state index in [2.05, 4.69) is 81.5 Å². The molecule has 0 fully saturated rings. The number of hydrogen-bond donors (Lipinski definition) is 0. The number of ether oxygens (including phenoxy) is 3. The average Bonchev–Trinajstić information content (AvgIpc) is 3.37. The lowest BCUT2D eigenvalue weighted by Crippen LogP contribution is -2.30. The van der Waals surface area contributed by atoms with Crippen molar-refractivity contribution >= 4 is 17.9 Å². The lowest BCUT2D eigenvalue weighted by atomic mass is 10.0. The Morgan fingerprint density at radius 1 is 0.282 bits per heavy atom. The molecular weight excluding hydrogens is 877 g/mol. The summed E-state index contributed by atoms with van der Waals surface area (Å²) in [5, 5.41) is 0. The highest BCUT2D eigenvalue weighted by molar-refractivity contribution is 5.71. The molecule has 6 heteroatoms. The van der Waals surface area contributed by atoms with Crippen LogP contribution in [0.25, 0.3) is 0 Å². The van der Waals surface area contributed by atoms with E-state index in [1.54, 1.807) is 0 Å². The summed E-state index contributed by atoms with van der Waals surface area (Å²) in [7, 11) is 0. The van der Waals surface area contributed by atoms with Gasteiger partial charge in [-0.2, -0.15) is 0 Å². The molecule has 0 bridgehead atoms. The van der Waals surface area contributed by atoms with Crippen molar-refractivity contribution in [2.75, 3.05) is 13.2 Å². The molecular formula is C65H116O6. The fourth-order valence-corrected chi connectivity index (χ4v) is 8.79. The highest BCUT2D eigenvalue weighted by atomic mass is 16.6. The van der Waals surface area contributed by atoms with Gasteiger partial charge in [-0.3, -0.25) is 14.4 Å². The molecule has 0 aliphatic rings. The molecule has 0 radical (unpaired) electrons. The van der Waals surface area contributed by atoms with Crippen molar-refractivity contribution in [2.24, 2.45) is 0 Å². The predicted octanol–water partition coefficient (Wildman–Crippen LogP) is 20.8. The molecule has 0 N–H and O–H groups in total. The fourth-order valence-electron chi connectivity index (χ4n) is 8.79. The highest BCUT2D eigenvalue weighted by Crippen LogP contribution is 2.16. The van der Waals surface area contributed by atoms with Crippen molar-refractivity contribution in [3.05, 3.63) is 60.8 Å². The van der Waals surface area contributed by atoms with Gasteiger partial charge in [-0.15, -0.1) is 0 Å². The lowest BCUT2D eigenvalue weighted by molar-refractivity contribution is -0.167. The van der Waals surface area contributed by atoms with E-state index < -0.39 is 6.10 Å². The summed E-state index contributed by atoms with van der Waals surface area (Å²) in [5.41, 5.74) is 0. The molecule has 0 heterocycles. The molecule has 0 amide bonds. The number of rotatable bonds is 56. The quantitative estimate of drug-likeness (QED) is 0.0261. The lowest BCUT2D eigenvalue weighted by Gasteiger charge is -2.18. The zero-order valence-corrected chi connectivity index (χ0v) is 47.2. The first-order chi connectivity index (χ1) is 35.0. The summed E-state index contributed by atoms with van der Waals surface area (Å²) in [4.78, 5) is 38.2. The Balaban J connectivity index is 4.37. The van der Waals surface area contributed by atoms with E-state index in [-0.39, 0.29) is 31.1 Å². The molecule has 0 unspecified atom stereocenters. The second-order valence-electron chi connectivity index (χ2n) is 20.6. The van der Waals surface area contributed by atoms with Gasteiger partial charge >= 0.3 is 17.9 Å². The van der Waals surface area contributed by atoms with Gasteiger partial charge < -0.3 is 14.2 Å². The third kappa shape index (κ3) is 57.9. The Hall–Kier alpha value is -2.89. The van der Waals surface area contributed by atoms with Gasteiger partial charge in [0.2, 0.25) is 0 Å². The van der Waals surface area contributed by atoms with Crippen LogP contribution in [0.5, 0.6) is 0 Å². The predicted molar refractivity (Wildman–Crippen MR) is 307 cm³/mol. The van der Waals surface area contributed by atoms with Crippen LogP contribution in [0, 0.1) is 0 Å². The van der Waals surface area contributed by atoms with Crippen molar-refractivity contribution < 1.29 is 28.6 Å². The van der Waals surface area contributed by atoms with E-state index in [1.807, 2.05) is 0 Å². The van der Waals surface area contributed by atoms with Crippen LogP contribution >= 0.6 is 0 Å². The Morgan fingerprint density at radius 3 is 0.845 bits per heavy atom. The van der Waals surface area contributed by atoms with E-state index >= 15 is 0 Å². The minimum atomic E-state index is -0.786. The molecule has 71 heavy (non-hydrogen) atoms. The minimum Gasteiger partial charge on any atom is -0.462 e. The first-order valence-electron chi connectivity index (χ1n) is 30.8. The first-order valence-corrected chi connectivity index (χ1v) is 30.8. The maximum Gasteiger partial charge on any atom is 0.306 e. The maximum absolute atomic E-state index is 12.9. The van der Waals surface area contributed by atoms with Crippen LogP contribution in [-0.4, -0.2) is 37.2 Å². The van der Waals surface area contributed by atoms with Crippen LogP contribution in [-0.2, 0) is 28.6 Å². The Bertz CT molecular complexity index is 1280. The molecule has 412 valence electrons. The highest BCUT2D eigenvalue weighted by Gasteiger charge is 2.19. The normalized spacial score (nSPS) is 12.4. The van der Waals surface area contributed by atoms with E-state index in [0.717, 1.165) is 83.5 Å². The summed E-state index contributed by atoms with van der Waals surface area (Å²) in [6.45, 7) is 6.61. The Morgan fingerprint density at radius 2 is 0.507 bits per heavy atom. The van der Waals surface area contributed by atoms with Crippen LogP contribution in [0.3, 0.4) is 0 Å². The molecule has 0 aliphatic heterocycles. The Kier molecular flexibility index (Phi) is 57.2. The second-order valence-corrected chi connectivity index (χ2v) is 20.6.